The molecule has 1 aromatic carbocycles. The monoisotopic (exact) mass is 234 g/mol. The van der Waals surface area contributed by atoms with E-state index < -0.39 is 0 Å². The van der Waals surface area contributed by atoms with Gasteiger partial charge in [0, 0.05) is 5.02 Å². The van der Waals surface area contributed by atoms with Crippen LogP contribution in [0.4, 0.5) is 0 Å². The van der Waals surface area contributed by atoms with Gasteiger partial charge in [-0.3, -0.25) is 4.79 Å². The van der Waals surface area contributed by atoms with Crippen LogP contribution in [0.2, 0.25) is 5.02 Å². The van der Waals surface area contributed by atoms with E-state index in [1.165, 1.54) is 0 Å². The average molecular weight is 235 g/mol. The number of carbonyl (C=O) groups excluding carboxylic acids is 1. The minimum atomic E-state index is 0.189. The molecule has 0 N–H and O–H groups in total. The molecule has 1 aliphatic carbocycles. The molecule has 0 heterocycles. The summed E-state index contributed by atoms with van der Waals surface area (Å²) >= 11 is 6.18. The molecule has 2 rings (SSSR count). The lowest BCUT2D eigenvalue weighted by Gasteiger charge is -2.19. The third-order valence-electron chi connectivity index (χ3n) is 3.09. The van der Waals surface area contributed by atoms with Crippen LogP contribution in [0, 0.1) is 0 Å². The highest BCUT2D eigenvalue weighted by Crippen LogP contribution is 2.35. The maximum Gasteiger partial charge on any atom is 0.156 e. The van der Waals surface area contributed by atoms with Crippen LogP contribution in [0.5, 0.6) is 0 Å². The average Bonchev–Trinajstić information content (AvgIpc) is 2.29. The lowest BCUT2D eigenvalue weighted by atomic mass is 9.86. The molecular weight excluding hydrogens is 220 g/mol. The highest BCUT2D eigenvalue weighted by Gasteiger charge is 2.18. The van der Waals surface area contributed by atoms with E-state index in [-0.39, 0.29) is 5.78 Å². The summed E-state index contributed by atoms with van der Waals surface area (Å²) in [7, 11) is 0. The summed E-state index contributed by atoms with van der Waals surface area (Å²) in [5.74, 6) is 0.189. The van der Waals surface area contributed by atoms with Gasteiger partial charge in [-0.15, -0.1) is 0 Å². The van der Waals surface area contributed by atoms with Crippen molar-refractivity contribution in [2.45, 2.75) is 32.6 Å². The second-order valence-corrected chi connectivity index (χ2v) is 4.61. The Bertz CT molecular complexity index is 446. The fourth-order valence-corrected chi connectivity index (χ4v) is 2.55. The fraction of sp³-hybridized carbons (Fsp3) is 0.357. The zero-order valence-corrected chi connectivity index (χ0v) is 10.2. The van der Waals surface area contributed by atoms with Crippen LogP contribution in [0.1, 0.15) is 38.2 Å². The first kappa shape index (κ1) is 11.4. The minimum absolute atomic E-state index is 0.189. The highest BCUT2D eigenvalue weighted by atomic mass is 35.5. The van der Waals surface area contributed by atoms with Crippen molar-refractivity contribution in [1.82, 2.24) is 0 Å². The van der Waals surface area contributed by atoms with Gasteiger partial charge in [-0.05, 0) is 55.4 Å². The van der Waals surface area contributed by atoms with E-state index in [4.69, 9.17) is 11.6 Å². The van der Waals surface area contributed by atoms with Gasteiger partial charge >= 0.3 is 0 Å². The Kier molecular flexibility index (Phi) is 3.45. The van der Waals surface area contributed by atoms with Gasteiger partial charge in [0.05, 0.1) is 0 Å². The maximum atomic E-state index is 11.6. The number of hydrogen-bond acceptors (Lipinski definition) is 1. The van der Waals surface area contributed by atoms with E-state index in [0.29, 0.717) is 0 Å². The predicted octanol–water partition coefficient (Wildman–Crippen LogP) is 4.26. The van der Waals surface area contributed by atoms with Gasteiger partial charge < -0.3 is 0 Å². The van der Waals surface area contributed by atoms with E-state index in [1.54, 1.807) is 6.92 Å². The van der Waals surface area contributed by atoms with Crippen LogP contribution in [-0.2, 0) is 4.79 Å². The van der Waals surface area contributed by atoms with Crippen LogP contribution in [0.25, 0.3) is 5.57 Å². The largest absolute Gasteiger partial charge is 0.295 e. The molecule has 0 saturated carbocycles. The van der Waals surface area contributed by atoms with Crippen molar-refractivity contribution >= 4 is 23.0 Å². The zero-order valence-electron chi connectivity index (χ0n) is 9.42. The van der Waals surface area contributed by atoms with Gasteiger partial charge in [0.25, 0.3) is 0 Å². The predicted molar refractivity (Wildman–Crippen MR) is 67.5 cm³/mol. The lowest BCUT2D eigenvalue weighted by Crippen LogP contribution is -2.06. The van der Waals surface area contributed by atoms with Crippen molar-refractivity contribution in [2.24, 2.45) is 0 Å². The fourth-order valence-electron chi connectivity index (χ4n) is 2.30. The Morgan fingerprint density at radius 1 is 1.19 bits per heavy atom. The molecule has 0 aromatic heterocycles. The lowest BCUT2D eigenvalue weighted by molar-refractivity contribution is -0.113. The smallest absolute Gasteiger partial charge is 0.156 e. The molecule has 0 atom stereocenters. The van der Waals surface area contributed by atoms with Crippen molar-refractivity contribution in [3.63, 3.8) is 0 Å². The Morgan fingerprint density at radius 3 is 2.56 bits per heavy atom. The van der Waals surface area contributed by atoms with Crippen LogP contribution in [-0.4, -0.2) is 5.78 Å². The third-order valence-corrected chi connectivity index (χ3v) is 3.42. The van der Waals surface area contributed by atoms with Gasteiger partial charge in [-0.2, -0.15) is 0 Å². The summed E-state index contributed by atoms with van der Waals surface area (Å²) in [5, 5.41) is 0.748. The minimum Gasteiger partial charge on any atom is -0.295 e. The number of halogens is 1. The standard InChI is InChI=1S/C14H15ClO/c1-10(16)11-6-2-3-7-12(11)13-8-4-5-9-14(13)15/h4-5,8-9H,2-3,6-7H2,1H3. The van der Waals surface area contributed by atoms with Crippen molar-refractivity contribution < 1.29 is 4.79 Å². The van der Waals surface area contributed by atoms with Crippen molar-refractivity contribution in [3.05, 3.63) is 40.4 Å². The maximum absolute atomic E-state index is 11.6. The van der Waals surface area contributed by atoms with Crippen LogP contribution >= 0.6 is 11.6 Å². The SMILES string of the molecule is CC(=O)C1=C(c2ccccc2Cl)CCCC1. The molecule has 0 bridgehead atoms. The molecule has 0 fully saturated rings. The number of ketones is 1. The van der Waals surface area contributed by atoms with Gasteiger partial charge in [0.15, 0.2) is 5.78 Å². The van der Waals surface area contributed by atoms with Gasteiger partial charge in [-0.1, -0.05) is 29.8 Å². The first-order chi connectivity index (χ1) is 7.70. The number of benzene rings is 1. The molecular formula is C14H15ClO. The summed E-state index contributed by atoms with van der Waals surface area (Å²) in [6.07, 6.45) is 4.13. The quantitative estimate of drug-likeness (QED) is 0.748. The molecule has 2 heteroatoms. The Morgan fingerprint density at radius 2 is 1.88 bits per heavy atom. The molecule has 16 heavy (non-hydrogen) atoms. The first-order valence-electron chi connectivity index (χ1n) is 5.68. The molecule has 0 unspecified atom stereocenters. The molecule has 84 valence electrons. The topological polar surface area (TPSA) is 17.1 Å². The zero-order chi connectivity index (χ0) is 11.5. The van der Waals surface area contributed by atoms with E-state index in [1.807, 2.05) is 24.3 Å². The highest BCUT2D eigenvalue weighted by molar-refractivity contribution is 6.32. The number of allylic oxidation sites excluding steroid dienone is 2. The number of Topliss-reactive ketones (excluding diaryl/α,β-unsaturated/α-hetero) is 1. The number of rotatable bonds is 2. The van der Waals surface area contributed by atoms with E-state index in [0.717, 1.165) is 47.4 Å². The van der Waals surface area contributed by atoms with Crippen LogP contribution < -0.4 is 0 Å². The molecule has 0 radical (unpaired) electrons. The van der Waals surface area contributed by atoms with Gasteiger partial charge in [0.1, 0.15) is 0 Å². The van der Waals surface area contributed by atoms with Crippen molar-refractivity contribution in [3.8, 4) is 0 Å². The second-order valence-electron chi connectivity index (χ2n) is 4.20. The van der Waals surface area contributed by atoms with E-state index >= 15 is 0 Å². The van der Waals surface area contributed by atoms with Crippen molar-refractivity contribution in [1.29, 1.82) is 0 Å². The summed E-state index contributed by atoms with van der Waals surface area (Å²) in [4.78, 5) is 11.6. The Hall–Kier alpha value is -1.08. The van der Waals surface area contributed by atoms with Gasteiger partial charge in [0.2, 0.25) is 0 Å². The molecule has 0 spiro atoms. The molecule has 0 saturated heterocycles. The van der Waals surface area contributed by atoms with E-state index in [9.17, 15) is 4.79 Å². The van der Waals surface area contributed by atoms with Crippen LogP contribution in [0.3, 0.4) is 0 Å². The van der Waals surface area contributed by atoms with Crippen LogP contribution in [0.15, 0.2) is 29.8 Å². The van der Waals surface area contributed by atoms with E-state index in [2.05, 4.69) is 0 Å². The molecule has 1 aromatic rings. The first-order valence-corrected chi connectivity index (χ1v) is 6.06. The molecule has 0 aliphatic heterocycles. The number of hydrogen-bond donors (Lipinski definition) is 0. The van der Waals surface area contributed by atoms with Gasteiger partial charge in [-0.25, -0.2) is 0 Å². The summed E-state index contributed by atoms with van der Waals surface area (Å²) in [5.41, 5.74) is 3.16. The summed E-state index contributed by atoms with van der Waals surface area (Å²) < 4.78 is 0. The molecule has 1 aliphatic rings. The molecule has 0 amide bonds. The number of carbonyl (C=O) groups is 1. The summed E-state index contributed by atoms with van der Waals surface area (Å²) in [6.45, 7) is 1.65. The second kappa shape index (κ2) is 4.84. The third kappa shape index (κ3) is 2.19. The Labute approximate surface area is 101 Å². The van der Waals surface area contributed by atoms with Crippen molar-refractivity contribution in [2.75, 3.05) is 0 Å². The normalized spacial score (nSPS) is 16.4. The molecule has 1 nitrogen and oxygen atoms in total. The summed E-state index contributed by atoms with van der Waals surface area (Å²) in [6, 6.07) is 7.78. The Balaban J connectivity index is 2.52.